The Hall–Kier alpha value is 3.22. The lowest BCUT2D eigenvalue weighted by molar-refractivity contribution is 1.05. The molecule has 0 amide bonds. The van der Waals surface area contributed by atoms with Gasteiger partial charge in [0.25, 0.3) is 0 Å². The van der Waals surface area contributed by atoms with Gasteiger partial charge in [-0.15, -0.1) is 99.7 Å². The van der Waals surface area contributed by atoms with Gasteiger partial charge in [-0.2, -0.15) is 0 Å². The first kappa shape index (κ1) is 22.3. The van der Waals surface area contributed by atoms with E-state index in [1.54, 1.807) is 0 Å². The van der Waals surface area contributed by atoms with Crippen LogP contribution >= 0.6 is 99.7 Å². The van der Waals surface area contributed by atoms with Crippen LogP contribution in [0.3, 0.4) is 0 Å². The van der Waals surface area contributed by atoms with E-state index in [0.29, 0.717) is 0 Å². The molecule has 21 heavy (non-hydrogen) atoms. The molecule has 0 atom stereocenters. The largest absolute Gasteiger partial charge is 0.413 e. The second kappa shape index (κ2) is 8.74. The predicted molar refractivity (Wildman–Crippen MR) is 106 cm³/mol. The molecule has 0 aliphatic carbocycles. The highest BCUT2D eigenvalue weighted by Crippen LogP contribution is 2.18. The fourth-order valence-corrected chi connectivity index (χ4v) is 5.81. The monoisotopic (exact) mass is 522 g/mol. The summed E-state index contributed by atoms with van der Waals surface area (Å²) in [6.45, 7) is 0. The van der Waals surface area contributed by atoms with Crippen LogP contribution in [0.5, 0.6) is 0 Å². The third kappa shape index (κ3) is 11.4. The molecule has 0 spiro atoms. The molecule has 0 bridgehead atoms. The molecule has 0 saturated carbocycles. The standard InChI is InChI=1S/B3Cl9H6N6Si3/c4-19(5,6)16-1-13-2(17-20(7,8)9)15-3(14-1)18-21(10,11)12/h13-18H. The first-order chi connectivity index (χ1) is 9.23. The fraction of sp³-hybridized carbons (Fsp3) is 0. The van der Waals surface area contributed by atoms with Crippen LogP contribution < -0.4 is 30.1 Å². The van der Waals surface area contributed by atoms with Crippen molar-refractivity contribution >= 4 is 140 Å². The maximum Gasteiger partial charge on any atom is 0.413 e. The van der Waals surface area contributed by atoms with Crippen LogP contribution in [0.2, 0.25) is 0 Å². The fourth-order valence-electron chi connectivity index (χ4n) is 1.39. The molecule has 1 aliphatic heterocycles. The summed E-state index contributed by atoms with van der Waals surface area (Å²) >= 11 is 52.3. The molecule has 21 heteroatoms. The molecule has 1 fully saturated rings. The van der Waals surface area contributed by atoms with Gasteiger partial charge in [0.1, 0.15) is 0 Å². The van der Waals surface area contributed by atoms with E-state index in [4.69, 9.17) is 99.7 Å². The summed E-state index contributed by atoms with van der Waals surface area (Å²) < 4.78 is 0. The average Bonchev–Trinajstić information content (AvgIpc) is 2.06. The second-order valence-corrected chi connectivity index (χ2v) is 28.1. The van der Waals surface area contributed by atoms with Crippen LogP contribution in [-0.2, 0) is 0 Å². The van der Waals surface area contributed by atoms with Gasteiger partial charge in [-0.3, -0.25) is 0 Å². The third-order valence-electron chi connectivity index (χ3n) is 1.92. The van der Waals surface area contributed by atoms with Crippen LogP contribution in [0.25, 0.3) is 0 Å². The molecule has 1 aliphatic rings. The Morgan fingerprint density at radius 2 is 0.667 bits per heavy atom. The van der Waals surface area contributed by atoms with Crippen molar-refractivity contribution in [2.45, 2.75) is 0 Å². The van der Waals surface area contributed by atoms with Gasteiger partial charge in [0.15, 0.2) is 0 Å². The van der Waals surface area contributed by atoms with Gasteiger partial charge in [0, 0.05) is 0 Å². The quantitative estimate of drug-likeness (QED) is 0.229. The number of rotatable bonds is 6. The molecule has 1 saturated heterocycles. The Morgan fingerprint density at radius 1 is 0.476 bits per heavy atom. The highest BCUT2D eigenvalue weighted by Gasteiger charge is 2.45. The SMILES string of the molecule is Cl[Si](Cl)(Cl)NB1NB(N[Si](Cl)(Cl)Cl)NB(N[Si](Cl)(Cl)Cl)N1. The van der Waals surface area contributed by atoms with E-state index in [1.807, 2.05) is 0 Å². The first-order valence-corrected chi connectivity index (χ1v) is 20.2. The Morgan fingerprint density at radius 3 is 0.810 bits per heavy atom. The highest BCUT2D eigenvalue weighted by molar-refractivity contribution is 7.66. The number of halogens is 9. The van der Waals surface area contributed by atoms with E-state index in [9.17, 15) is 0 Å². The molecule has 0 aromatic rings. The Bertz CT molecular complexity index is 285. The summed E-state index contributed by atoms with van der Waals surface area (Å²) in [6.07, 6.45) is -9.41. The molecule has 0 unspecified atom stereocenters. The van der Waals surface area contributed by atoms with Crippen LogP contribution in [0.15, 0.2) is 0 Å². The van der Waals surface area contributed by atoms with Crippen LogP contribution in [0, 0.1) is 0 Å². The average molecular weight is 526 g/mol. The zero-order valence-corrected chi connectivity index (χ0v) is 19.4. The van der Waals surface area contributed by atoms with Crippen molar-refractivity contribution in [1.82, 2.24) is 30.1 Å². The summed E-state index contributed by atoms with van der Waals surface area (Å²) in [5.74, 6) is 0. The minimum absolute atomic E-state index is 0.622. The number of hydrogen-bond acceptors (Lipinski definition) is 6. The topological polar surface area (TPSA) is 72.2 Å². The van der Waals surface area contributed by atoms with E-state index in [0.717, 1.165) is 0 Å². The lowest BCUT2D eigenvalue weighted by Gasteiger charge is -2.35. The van der Waals surface area contributed by atoms with Crippen molar-refractivity contribution in [1.29, 1.82) is 0 Å². The van der Waals surface area contributed by atoms with Crippen molar-refractivity contribution in [2.75, 3.05) is 0 Å². The molecular formula is H6B3Cl9N6Si3. The van der Waals surface area contributed by atoms with Gasteiger partial charge in [-0.25, -0.2) is 0 Å². The zero-order valence-electron chi connectivity index (χ0n) is 9.63. The molecule has 6 nitrogen and oxygen atoms in total. The molecule has 0 aromatic carbocycles. The number of hydrogen-bond donors (Lipinski definition) is 6. The van der Waals surface area contributed by atoms with Gasteiger partial charge in [-0.05, 0) is 0 Å². The summed E-state index contributed by atoms with van der Waals surface area (Å²) in [7, 11) is -1.87. The van der Waals surface area contributed by atoms with Gasteiger partial charge in [-0.1, -0.05) is 0 Å². The van der Waals surface area contributed by atoms with Gasteiger partial charge >= 0.3 is 39.8 Å². The molecular weight excluding hydrogens is 520 g/mol. The predicted octanol–water partition coefficient (Wildman–Crippen LogP) is 0.948. The maximum atomic E-state index is 5.81. The van der Waals surface area contributed by atoms with E-state index >= 15 is 0 Å². The van der Waals surface area contributed by atoms with Crippen molar-refractivity contribution in [3.05, 3.63) is 0 Å². The summed E-state index contributed by atoms with van der Waals surface area (Å²) in [6, 6.07) is 0. The summed E-state index contributed by atoms with van der Waals surface area (Å²) in [5, 5.41) is 8.84. The van der Waals surface area contributed by atoms with E-state index < -0.39 is 39.8 Å². The number of nitrogens with one attached hydrogen (secondary N) is 6. The van der Waals surface area contributed by atoms with E-state index in [1.165, 1.54) is 0 Å². The smallest absolute Gasteiger partial charge is 0.343 e. The van der Waals surface area contributed by atoms with E-state index in [2.05, 4.69) is 30.1 Å². The summed E-state index contributed by atoms with van der Waals surface area (Å²) in [5.41, 5.74) is 0. The Balaban J connectivity index is 2.73. The molecule has 1 rings (SSSR count). The zero-order chi connectivity index (χ0) is 16.5. The van der Waals surface area contributed by atoms with Crippen LogP contribution in [0.1, 0.15) is 0 Å². The van der Waals surface area contributed by atoms with Crippen molar-refractivity contribution in [2.24, 2.45) is 0 Å². The second-order valence-electron chi connectivity index (χ2n) is 3.73. The minimum Gasteiger partial charge on any atom is -0.343 e. The lowest BCUT2D eigenvalue weighted by atomic mass is 9.66. The molecule has 6 N–H and O–H groups in total. The summed E-state index contributed by atoms with van der Waals surface area (Å²) in [4.78, 5) is 8.26. The normalized spacial score (nSPS) is 18.4. The maximum absolute atomic E-state index is 5.81. The van der Waals surface area contributed by atoms with Gasteiger partial charge in [0.2, 0.25) is 0 Å². The molecule has 0 radical (unpaired) electrons. The lowest BCUT2D eigenvalue weighted by Crippen LogP contribution is -2.87. The Kier molecular flexibility index (Phi) is 9.26. The molecule has 1 heterocycles. The van der Waals surface area contributed by atoms with Crippen LogP contribution in [-0.4, -0.2) is 39.8 Å². The van der Waals surface area contributed by atoms with E-state index in [-0.39, 0.29) is 0 Å². The molecule has 0 aromatic heterocycles. The first-order valence-electron chi connectivity index (χ1n) is 5.05. The van der Waals surface area contributed by atoms with Crippen LogP contribution in [0.4, 0.5) is 0 Å². The van der Waals surface area contributed by atoms with Crippen molar-refractivity contribution in [3.63, 3.8) is 0 Å². The highest BCUT2D eigenvalue weighted by atomic mass is 35.9. The third-order valence-corrected chi connectivity index (χ3v) is 6.72. The Labute approximate surface area is 168 Å². The van der Waals surface area contributed by atoms with Crippen molar-refractivity contribution in [3.8, 4) is 0 Å². The minimum atomic E-state index is -3.14. The van der Waals surface area contributed by atoms with Crippen molar-refractivity contribution < 1.29 is 0 Å². The van der Waals surface area contributed by atoms with Gasteiger partial charge in [0.05, 0.1) is 0 Å². The molecule has 120 valence electrons. The van der Waals surface area contributed by atoms with Gasteiger partial charge < -0.3 is 30.1 Å².